The van der Waals surface area contributed by atoms with Crippen molar-refractivity contribution in [1.29, 1.82) is 0 Å². The van der Waals surface area contributed by atoms with Gasteiger partial charge in [0.05, 0.1) is 12.3 Å². The number of ether oxygens (including phenoxy) is 1. The molecule has 8 heteroatoms. The zero-order valence-corrected chi connectivity index (χ0v) is 10.5. The van der Waals surface area contributed by atoms with Gasteiger partial charge >= 0.3 is 0 Å². The fourth-order valence-electron chi connectivity index (χ4n) is 3.22. The molecule has 4 atom stereocenters. The predicted octanol–water partition coefficient (Wildman–Crippen LogP) is -1.61. The molecule has 2 aromatic heterocycles. The Bertz CT molecular complexity index is 704. The van der Waals surface area contributed by atoms with Gasteiger partial charge < -0.3 is 25.8 Å². The molecule has 0 radical (unpaired) electrons. The van der Waals surface area contributed by atoms with Gasteiger partial charge in [-0.05, 0) is 12.1 Å². The smallest absolute Gasteiger partial charge is 0.151 e. The summed E-state index contributed by atoms with van der Waals surface area (Å²) in [6, 6.07) is 3.48. The van der Waals surface area contributed by atoms with Gasteiger partial charge in [-0.3, -0.25) is 0 Å². The van der Waals surface area contributed by atoms with Crippen LogP contribution in [0.2, 0.25) is 0 Å². The summed E-state index contributed by atoms with van der Waals surface area (Å²) in [5.74, 6) is 0.323. The van der Waals surface area contributed by atoms with Crippen LogP contribution >= 0.6 is 0 Å². The number of nitrogen functional groups attached to an aromatic ring is 1. The van der Waals surface area contributed by atoms with E-state index in [0.29, 0.717) is 17.0 Å². The molecular formula is C12H14N4O4. The van der Waals surface area contributed by atoms with E-state index >= 15 is 0 Å². The van der Waals surface area contributed by atoms with Crippen LogP contribution in [0.3, 0.4) is 0 Å². The Hall–Kier alpha value is -1.74. The summed E-state index contributed by atoms with van der Waals surface area (Å²) in [6.45, 7) is -0.355. The summed E-state index contributed by atoms with van der Waals surface area (Å²) in [7, 11) is 0. The number of hydrogen-bond donors (Lipinski definition) is 4. The van der Waals surface area contributed by atoms with Crippen molar-refractivity contribution in [1.82, 2.24) is 14.6 Å². The lowest BCUT2D eigenvalue weighted by atomic mass is 10.1. The minimum atomic E-state index is -1.39. The molecule has 1 saturated heterocycles. The number of nitrogens with two attached hydrogens (primary N) is 1. The van der Waals surface area contributed by atoms with Crippen molar-refractivity contribution >= 4 is 11.3 Å². The van der Waals surface area contributed by atoms with E-state index in [2.05, 4.69) is 10.1 Å². The summed E-state index contributed by atoms with van der Waals surface area (Å²) in [6.07, 6.45) is -0.359. The van der Waals surface area contributed by atoms with Crippen LogP contribution in [0.15, 0.2) is 18.5 Å². The first-order valence-electron chi connectivity index (χ1n) is 6.31. The van der Waals surface area contributed by atoms with Gasteiger partial charge in [-0.15, -0.1) is 0 Å². The Morgan fingerprint density at radius 3 is 3.00 bits per heavy atom. The number of hydrogen-bond acceptors (Lipinski definition) is 7. The maximum absolute atomic E-state index is 10.5. The Kier molecular flexibility index (Phi) is 2.09. The number of aliphatic hydroxyl groups is 3. The molecule has 1 saturated carbocycles. The van der Waals surface area contributed by atoms with E-state index in [0.717, 1.165) is 0 Å². The number of aliphatic hydroxyl groups excluding tert-OH is 2. The van der Waals surface area contributed by atoms with Gasteiger partial charge in [0.2, 0.25) is 0 Å². The van der Waals surface area contributed by atoms with Crippen LogP contribution < -0.4 is 5.73 Å². The largest absolute Gasteiger partial charge is 0.394 e. The second-order valence-electron chi connectivity index (χ2n) is 5.37. The van der Waals surface area contributed by atoms with Crippen LogP contribution in [0.5, 0.6) is 0 Å². The van der Waals surface area contributed by atoms with Gasteiger partial charge in [-0.2, -0.15) is 5.10 Å². The lowest BCUT2D eigenvalue weighted by Gasteiger charge is -2.17. The maximum atomic E-state index is 10.5. The molecule has 1 aliphatic heterocycles. The van der Waals surface area contributed by atoms with Gasteiger partial charge in [-0.25, -0.2) is 9.50 Å². The number of fused-ring (bicyclic) bond motifs is 2. The van der Waals surface area contributed by atoms with E-state index in [1.807, 2.05) is 0 Å². The zero-order chi connectivity index (χ0) is 14.1. The van der Waals surface area contributed by atoms with Crippen molar-refractivity contribution in [2.75, 3.05) is 12.3 Å². The summed E-state index contributed by atoms with van der Waals surface area (Å²) in [5.41, 5.74) is 4.54. The third-order valence-corrected chi connectivity index (χ3v) is 4.36. The van der Waals surface area contributed by atoms with E-state index in [1.54, 1.807) is 16.6 Å². The number of nitrogens with zero attached hydrogens (tertiary/aromatic N) is 3. The van der Waals surface area contributed by atoms with Crippen LogP contribution in [0.4, 0.5) is 5.82 Å². The first kappa shape index (κ1) is 12.0. The second-order valence-corrected chi connectivity index (χ2v) is 5.37. The average molecular weight is 278 g/mol. The molecule has 4 rings (SSSR count). The highest BCUT2D eigenvalue weighted by atomic mass is 16.6. The molecule has 0 unspecified atom stereocenters. The topological polar surface area (TPSA) is 126 Å². The molecule has 8 nitrogen and oxygen atoms in total. The Labute approximate surface area is 113 Å². The van der Waals surface area contributed by atoms with Crippen molar-refractivity contribution in [3.05, 3.63) is 24.2 Å². The molecule has 1 aliphatic carbocycles. The summed E-state index contributed by atoms with van der Waals surface area (Å²) in [5, 5.41) is 33.9. The highest BCUT2D eigenvalue weighted by Gasteiger charge is 2.80. The van der Waals surface area contributed by atoms with Crippen LogP contribution in [0.1, 0.15) is 12.1 Å². The van der Waals surface area contributed by atoms with Crippen LogP contribution in [-0.4, -0.2) is 54.3 Å². The summed E-state index contributed by atoms with van der Waals surface area (Å²) < 4.78 is 7.26. The summed E-state index contributed by atoms with van der Waals surface area (Å²) in [4.78, 5) is 3.90. The normalized spacial score (nSPS) is 39.1. The zero-order valence-electron chi connectivity index (χ0n) is 10.5. The van der Waals surface area contributed by atoms with Gasteiger partial charge in [0.1, 0.15) is 35.3 Å². The predicted molar refractivity (Wildman–Crippen MR) is 66.6 cm³/mol. The molecule has 0 amide bonds. The van der Waals surface area contributed by atoms with Crippen LogP contribution in [0, 0.1) is 0 Å². The number of anilines is 1. The monoisotopic (exact) mass is 278 g/mol. The molecule has 0 aromatic carbocycles. The van der Waals surface area contributed by atoms with Crippen LogP contribution in [-0.2, 0) is 10.3 Å². The van der Waals surface area contributed by atoms with E-state index in [-0.39, 0.29) is 13.0 Å². The quantitative estimate of drug-likeness (QED) is 0.521. The lowest BCUT2D eigenvalue weighted by Crippen LogP contribution is -2.37. The average Bonchev–Trinajstić information content (AvgIpc) is 2.77. The summed E-state index contributed by atoms with van der Waals surface area (Å²) >= 11 is 0. The lowest BCUT2D eigenvalue weighted by molar-refractivity contribution is -0.0658. The molecule has 2 fully saturated rings. The van der Waals surface area contributed by atoms with Crippen molar-refractivity contribution in [3.8, 4) is 0 Å². The standard InChI is InChI=1S/C12H14N4O4/c13-10-6-1-2-8(16(6)15-5-14-10)12-4-11(12,19)9(18)7(3-17)20-12/h1-2,5,7,9,17-19H,3-4H2,(H2,13,14,15)/t7-,9-,11-,12+/m1/s1. The first-order chi connectivity index (χ1) is 9.53. The Morgan fingerprint density at radius 1 is 1.50 bits per heavy atom. The molecular weight excluding hydrogens is 264 g/mol. The molecule has 106 valence electrons. The van der Waals surface area contributed by atoms with Crippen molar-refractivity contribution < 1.29 is 20.1 Å². The third kappa shape index (κ3) is 1.15. The molecule has 3 heterocycles. The second kappa shape index (κ2) is 3.47. The van der Waals surface area contributed by atoms with Crippen molar-refractivity contribution in [2.24, 2.45) is 0 Å². The van der Waals surface area contributed by atoms with E-state index in [9.17, 15) is 15.3 Å². The van der Waals surface area contributed by atoms with Crippen molar-refractivity contribution in [2.45, 2.75) is 29.8 Å². The van der Waals surface area contributed by atoms with E-state index < -0.39 is 23.4 Å². The Balaban J connectivity index is 1.87. The fraction of sp³-hybridized carbons (Fsp3) is 0.500. The van der Waals surface area contributed by atoms with Gasteiger partial charge in [0.25, 0.3) is 0 Å². The molecule has 0 spiro atoms. The number of aromatic nitrogens is 3. The molecule has 5 N–H and O–H groups in total. The fourth-order valence-corrected chi connectivity index (χ4v) is 3.22. The van der Waals surface area contributed by atoms with Gasteiger partial charge in [0, 0.05) is 6.42 Å². The van der Waals surface area contributed by atoms with Crippen molar-refractivity contribution in [3.63, 3.8) is 0 Å². The highest BCUT2D eigenvalue weighted by Crippen LogP contribution is 2.65. The molecule has 20 heavy (non-hydrogen) atoms. The molecule has 0 bridgehead atoms. The minimum absolute atomic E-state index is 0.258. The van der Waals surface area contributed by atoms with E-state index in [1.165, 1.54) is 6.33 Å². The first-order valence-corrected chi connectivity index (χ1v) is 6.31. The SMILES string of the molecule is Nc1ncnn2c([C@@]34C[C@@]3(O)[C@H](O)[C@@H](CO)O4)ccc12. The van der Waals surface area contributed by atoms with Gasteiger partial charge in [0.15, 0.2) is 5.82 Å². The molecule has 2 aliphatic rings. The Morgan fingerprint density at radius 2 is 2.30 bits per heavy atom. The highest BCUT2D eigenvalue weighted by molar-refractivity contribution is 5.66. The van der Waals surface area contributed by atoms with Crippen LogP contribution in [0.25, 0.3) is 5.52 Å². The minimum Gasteiger partial charge on any atom is -0.394 e. The number of rotatable bonds is 2. The third-order valence-electron chi connectivity index (χ3n) is 4.36. The van der Waals surface area contributed by atoms with E-state index in [4.69, 9.17) is 10.5 Å². The van der Waals surface area contributed by atoms with Gasteiger partial charge in [-0.1, -0.05) is 0 Å². The maximum Gasteiger partial charge on any atom is 0.151 e. The molecule has 2 aromatic rings.